The molecule has 0 bridgehead atoms. The maximum atomic E-state index is 12.3. The van der Waals surface area contributed by atoms with Crippen LogP contribution in [0.15, 0.2) is 0 Å². The number of carbonyl (C=O) groups excluding carboxylic acids is 2. The quantitative estimate of drug-likeness (QED) is 0.382. The lowest BCUT2D eigenvalue weighted by Crippen LogP contribution is -2.50. The first-order valence-corrected chi connectivity index (χ1v) is 8.64. The molecule has 0 radical (unpaired) electrons. The van der Waals surface area contributed by atoms with E-state index >= 15 is 0 Å². The minimum atomic E-state index is -4.08. The maximum absolute atomic E-state index is 12.3. The van der Waals surface area contributed by atoms with Gasteiger partial charge in [0.15, 0.2) is 6.10 Å². The third kappa shape index (κ3) is 5.86. The van der Waals surface area contributed by atoms with Gasteiger partial charge in [-0.25, -0.2) is 9.09 Å². The number of rotatable bonds is 7. The SMILES string of the molecule is CC(=O)OCOP1(=O)OCC(C)(C)[C@H](C(=O)NCC(C)C(=O)O)O1. The van der Waals surface area contributed by atoms with Crippen molar-refractivity contribution in [3.63, 3.8) is 0 Å². The van der Waals surface area contributed by atoms with Gasteiger partial charge in [0.25, 0.3) is 0 Å². The van der Waals surface area contributed by atoms with Gasteiger partial charge in [-0.3, -0.25) is 23.4 Å². The highest BCUT2D eigenvalue weighted by Gasteiger charge is 2.49. The third-order valence-corrected chi connectivity index (χ3v) is 4.59. The standard InChI is InChI=1S/C13H22NO9P/c1-8(12(17)18)5-14-11(16)10-13(3,4)6-21-24(19,23-10)22-7-20-9(2)15/h8,10H,5-7H2,1-4H3,(H,14,16)(H,17,18)/t8?,10-,24?/m0/s1. The number of amides is 1. The zero-order valence-electron chi connectivity index (χ0n) is 13.9. The number of ether oxygens (including phenoxy) is 1. The van der Waals surface area contributed by atoms with Crippen LogP contribution in [0, 0.1) is 11.3 Å². The molecule has 138 valence electrons. The third-order valence-electron chi connectivity index (χ3n) is 3.25. The van der Waals surface area contributed by atoms with E-state index in [-0.39, 0.29) is 13.2 Å². The van der Waals surface area contributed by atoms with Gasteiger partial charge in [0.05, 0.1) is 12.5 Å². The first kappa shape index (κ1) is 20.6. The zero-order chi connectivity index (χ0) is 18.5. The molecule has 2 N–H and O–H groups in total. The number of phosphoric ester groups is 1. The van der Waals surface area contributed by atoms with Crippen LogP contribution in [0.25, 0.3) is 0 Å². The van der Waals surface area contributed by atoms with Crippen molar-refractivity contribution in [1.29, 1.82) is 0 Å². The highest BCUT2D eigenvalue weighted by Crippen LogP contribution is 2.57. The zero-order valence-corrected chi connectivity index (χ0v) is 14.8. The van der Waals surface area contributed by atoms with Crippen molar-refractivity contribution < 1.29 is 42.4 Å². The summed E-state index contributed by atoms with van der Waals surface area (Å²) < 4.78 is 31.9. The Hall–Kier alpha value is -1.48. The van der Waals surface area contributed by atoms with Crippen molar-refractivity contribution >= 4 is 25.7 Å². The second-order valence-electron chi connectivity index (χ2n) is 6.06. The molecule has 24 heavy (non-hydrogen) atoms. The van der Waals surface area contributed by atoms with Gasteiger partial charge in [0, 0.05) is 18.9 Å². The summed E-state index contributed by atoms with van der Waals surface area (Å²) in [6.07, 6.45) is -1.18. The lowest BCUT2D eigenvalue weighted by atomic mass is 9.87. The number of nitrogens with one attached hydrogen (secondary N) is 1. The first-order chi connectivity index (χ1) is 11.0. The van der Waals surface area contributed by atoms with Gasteiger partial charge in [0.2, 0.25) is 12.7 Å². The Morgan fingerprint density at radius 1 is 1.42 bits per heavy atom. The van der Waals surface area contributed by atoms with Gasteiger partial charge >= 0.3 is 19.8 Å². The number of carbonyl (C=O) groups is 3. The predicted molar refractivity (Wildman–Crippen MR) is 79.7 cm³/mol. The Morgan fingerprint density at radius 3 is 2.58 bits per heavy atom. The van der Waals surface area contributed by atoms with E-state index in [0.29, 0.717) is 0 Å². The Kier molecular flexibility index (Phi) is 6.91. The molecule has 1 aliphatic rings. The number of carboxylic acids is 1. The fraction of sp³-hybridized carbons (Fsp3) is 0.769. The highest BCUT2D eigenvalue weighted by molar-refractivity contribution is 7.48. The van der Waals surface area contributed by atoms with Crippen molar-refractivity contribution in [3.05, 3.63) is 0 Å². The van der Waals surface area contributed by atoms with Crippen LogP contribution in [0.1, 0.15) is 27.7 Å². The van der Waals surface area contributed by atoms with Crippen LogP contribution in [-0.2, 0) is 37.3 Å². The van der Waals surface area contributed by atoms with E-state index in [1.165, 1.54) is 6.92 Å². The number of hydrogen-bond donors (Lipinski definition) is 2. The second-order valence-corrected chi connectivity index (χ2v) is 7.68. The van der Waals surface area contributed by atoms with Crippen molar-refractivity contribution in [3.8, 4) is 0 Å². The largest absolute Gasteiger partial charge is 0.481 e. The van der Waals surface area contributed by atoms with Crippen LogP contribution >= 0.6 is 7.82 Å². The van der Waals surface area contributed by atoms with Crippen molar-refractivity contribution in [2.75, 3.05) is 19.9 Å². The monoisotopic (exact) mass is 367 g/mol. The maximum Gasteiger partial charge on any atom is 0.478 e. The normalized spacial score (nSPS) is 27.1. The summed E-state index contributed by atoms with van der Waals surface area (Å²) in [6.45, 7) is 5.05. The Balaban J connectivity index is 2.71. The molecule has 1 aliphatic heterocycles. The minimum Gasteiger partial charge on any atom is -0.481 e. The molecule has 0 aliphatic carbocycles. The molecular weight excluding hydrogens is 345 g/mol. The molecule has 0 aromatic heterocycles. The molecule has 1 saturated heterocycles. The average Bonchev–Trinajstić information content (AvgIpc) is 2.47. The van der Waals surface area contributed by atoms with E-state index in [1.54, 1.807) is 13.8 Å². The van der Waals surface area contributed by atoms with Gasteiger partial charge in [-0.05, 0) is 0 Å². The van der Waals surface area contributed by atoms with E-state index in [0.717, 1.165) is 6.92 Å². The molecule has 0 spiro atoms. The van der Waals surface area contributed by atoms with Crippen molar-refractivity contribution in [2.45, 2.75) is 33.8 Å². The molecule has 0 aromatic carbocycles. The number of esters is 1. The molecule has 2 unspecified atom stereocenters. The summed E-state index contributed by atoms with van der Waals surface area (Å²) in [5.41, 5.74) is -0.824. The fourth-order valence-corrected chi connectivity index (χ4v) is 3.21. The van der Waals surface area contributed by atoms with E-state index in [9.17, 15) is 18.9 Å². The Bertz CT molecular complexity index is 548. The van der Waals surface area contributed by atoms with Gasteiger partial charge in [-0.2, -0.15) is 0 Å². The first-order valence-electron chi connectivity index (χ1n) is 7.18. The van der Waals surface area contributed by atoms with E-state index < -0.39 is 49.9 Å². The molecule has 1 fully saturated rings. The van der Waals surface area contributed by atoms with Gasteiger partial charge in [-0.1, -0.05) is 20.8 Å². The number of carboxylic acid groups (broad SMARTS) is 1. The van der Waals surface area contributed by atoms with Gasteiger partial charge in [0.1, 0.15) is 0 Å². The molecule has 3 atom stereocenters. The lowest BCUT2D eigenvalue weighted by Gasteiger charge is -2.39. The van der Waals surface area contributed by atoms with E-state index in [1.807, 2.05) is 0 Å². The van der Waals surface area contributed by atoms with Crippen LogP contribution < -0.4 is 5.32 Å². The minimum absolute atomic E-state index is 0.100. The van der Waals surface area contributed by atoms with Crippen molar-refractivity contribution in [1.82, 2.24) is 5.32 Å². The van der Waals surface area contributed by atoms with Crippen LogP contribution in [0.3, 0.4) is 0 Å². The molecule has 10 nitrogen and oxygen atoms in total. The van der Waals surface area contributed by atoms with Gasteiger partial charge < -0.3 is 15.2 Å². The summed E-state index contributed by atoms with van der Waals surface area (Å²) in [6, 6.07) is 0. The number of hydrogen-bond acceptors (Lipinski definition) is 8. The topological polar surface area (TPSA) is 137 Å². The molecule has 1 heterocycles. The van der Waals surface area contributed by atoms with E-state index in [4.69, 9.17) is 18.7 Å². The van der Waals surface area contributed by atoms with Crippen molar-refractivity contribution in [2.24, 2.45) is 11.3 Å². The second kappa shape index (κ2) is 8.06. The Morgan fingerprint density at radius 2 is 2.04 bits per heavy atom. The van der Waals surface area contributed by atoms with Crippen LogP contribution in [0.2, 0.25) is 0 Å². The molecule has 0 aromatic rings. The highest BCUT2D eigenvalue weighted by atomic mass is 31.2. The molecule has 0 saturated carbocycles. The molecule has 11 heteroatoms. The number of aliphatic carboxylic acids is 1. The molecular formula is C13H22NO9P. The summed E-state index contributed by atoms with van der Waals surface area (Å²) in [5, 5.41) is 11.3. The van der Waals surface area contributed by atoms with Crippen LogP contribution in [-0.4, -0.2) is 49.0 Å². The van der Waals surface area contributed by atoms with Crippen LogP contribution in [0.4, 0.5) is 0 Å². The Labute approximate surface area is 139 Å². The summed E-state index contributed by atoms with van der Waals surface area (Å²) in [5.74, 6) is -3.12. The summed E-state index contributed by atoms with van der Waals surface area (Å²) >= 11 is 0. The summed E-state index contributed by atoms with van der Waals surface area (Å²) in [4.78, 5) is 33.7. The predicted octanol–water partition coefficient (Wildman–Crippen LogP) is 0.910. The van der Waals surface area contributed by atoms with Crippen LogP contribution in [0.5, 0.6) is 0 Å². The average molecular weight is 367 g/mol. The molecule has 1 amide bonds. The lowest BCUT2D eigenvalue weighted by molar-refractivity contribution is -0.154. The van der Waals surface area contributed by atoms with E-state index in [2.05, 4.69) is 10.1 Å². The number of phosphoric acid groups is 1. The smallest absolute Gasteiger partial charge is 0.478 e. The fourth-order valence-electron chi connectivity index (χ4n) is 1.70. The molecule has 1 rings (SSSR count). The van der Waals surface area contributed by atoms with Gasteiger partial charge in [-0.15, -0.1) is 0 Å². The summed E-state index contributed by atoms with van der Waals surface area (Å²) in [7, 11) is -4.08.